The van der Waals surface area contributed by atoms with Gasteiger partial charge in [0.2, 0.25) is 15.8 Å². The summed E-state index contributed by atoms with van der Waals surface area (Å²) in [6, 6.07) is 1.10. The molecule has 1 aromatic rings. The first-order chi connectivity index (χ1) is 9.36. The Bertz CT molecular complexity index is 596. The molecule has 0 saturated carbocycles. The second kappa shape index (κ2) is 5.57. The van der Waals surface area contributed by atoms with E-state index in [0.29, 0.717) is 19.0 Å². The number of sulfonamides is 1. The van der Waals surface area contributed by atoms with Crippen molar-refractivity contribution < 1.29 is 22.7 Å². The van der Waals surface area contributed by atoms with E-state index in [9.17, 15) is 13.2 Å². The molecule has 0 bridgehead atoms. The molecule has 6 nitrogen and oxygen atoms in total. The number of aromatic carboxylic acids is 1. The van der Waals surface area contributed by atoms with Crippen LogP contribution in [0.1, 0.15) is 42.5 Å². The third-order valence-electron chi connectivity index (χ3n) is 3.85. The molecule has 7 heteroatoms. The molecule has 1 aliphatic heterocycles. The van der Waals surface area contributed by atoms with Gasteiger partial charge >= 0.3 is 5.97 Å². The van der Waals surface area contributed by atoms with Crippen LogP contribution in [0.2, 0.25) is 0 Å². The van der Waals surface area contributed by atoms with E-state index < -0.39 is 16.0 Å². The highest BCUT2D eigenvalue weighted by Crippen LogP contribution is 2.28. The second-order valence-corrected chi connectivity index (χ2v) is 7.00. The fourth-order valence-electron chi connectivity index (χ4n) is 2.52. The molecule has 1 aliphatic rings. The minimum Gasteiger partial charge on any atom is -0.475 e. The van der Waals surface area contributed by atoms with Gasteiger partial charge < -0.3 is 9.52 Å². The molecule has 1 fully saturated rings. The highest BCUT2D eigenvalue weighted by molar-refractivity contribution is 7.89. The molecule has 0 unspecified atom stereocenters. The summed E-state index contributed by atoms with van der Waals surface area (Å²) in [5.41, 5.74) is 0. The van der Waals surface area contributed by atoms with Crippen LogP contribution in [-0.2, 0) is 10.0 Å². The third kappa shape index (κ3) is 2.73. The van der Waals surface area contributed by atoms with Crippen molar-refractivity contribution in [1.82, 2.24) is 4.31 Å². The monoisotopic (exact) mass is 301 g/mol. The summed E-state index contributed by atoms with van der Waals surface area (Å²) in [6.45, 7) is 4.54. The second-order valence-electron chi connectivity index (χ2n) is 5.09. The van der Waals surface area contributed by atoms with Gasteiger partial charge in [-0.1, -0.05) is 13.3 Å². The highest BCUT2D eigenvalue weighted by Gasteiger charge is 2.32. The summed E-state index contributed by atoms with van der Waals surface area (Å²) in [4.78, 5) is 10.8. The molecule has 0 atom stereocenters. The van der Waals surface area contributed by atoms with Crippen LogP contribution in [0.25, 0.3) is 0 Å². The average Bonchev–Trinajstić information content (AvgIpc) is 2.82. The number of hydrogen-bond acceptors (Lipinski definition) is 4. The van der Waals surface area contributed by atoms with E-state index in [1.807, 2.05) is 0 Å². The van der Waals surface area contributed by atoms with Crippen molar-refractivity contribution in [3.8, 4) is 0 Å². The van der Waals surface area contributed by atoms with Gasteiger partial charge in [-0.15, -0.1) is 0 Å². The molecule has 0 radical (unpaired) electrons. The number of piperidine rings is 1. The van der Waals surface area contributed by atoms with Crippen LogP contribution in [0.3, 0.4) is 0 Å². The average molecular weight is 301 g/mol. The van der Waals surface area contributed by atoms with Gasteiger partial charge in [0, 0.05) is 19.2 Å². The molecular weight excluding hydrogens is 282 g/mol. The Labute approximate surface area is 118 Å². The first-order valence-electron chi connectivity index (χ1n) is 6.70. The molecule has 2 heterocycles. The van der Waals surface area contributed by atoms with Crippen LogP contribution < -0.4 is 0 Å². The fraction of sp³-hybridized carbons (Fsp3) is 0.615. The lowest BCUT2D eigenvalue weighted by Gasteiger charge is -2.30. The lowest BCUT2D eigenvalue weighted by atomic mass is 9.96. The number of furan rings is 1. The summed E-state index contributed by atoms with van der Waals surface area (Å²) in [5, 5.41) is 8.86. The summed E-state index contributed by atoms with van der Waals surface area (Å²) in [7, 11) is -3.66. The van der Waals surface area contributed by atoms with Gasteiger partial charge in [-0.25, -0.2) is 13.2 Å². The van der Waals surface area contributed by atoms with E-state index in [4.69, 9.17) is 9.52 Å². The third-order valence-corrected chi connectivity index (χ3v) is 5.86. The van der Waals surface area contributed by atoms with Crippen LogP contribution in [0.15, 0.2) is 15.4 Å². The van der Waals surface area contributed by atoms with E-state index in [-0.39, 0.29) is 16.4 Å². The summed E-state index contributed by atoms with van der Waals surface area (Å²) >= 11 is 0. The minimum absolute atomic E-state index is 0.0372. The number of rotatable bonds is 4. The molecule has 1 saturated heterocycles. The minimum atomic E-state index is -3.66. The van der Waals surface area contributed by atoms with Gasteiger partial charge in [0.05, 0.1) is 0 Å². The number of nitrogens with zero attached hydrogens (tertiary/aromatic N) is 1. The van der Waals surface area contributed by atoms with Crippen LogP contribution in [-0.4, -0.2) is 36.9 Å². The maximum Gasteiger partial charge on any atom is 0.371 e. The van der Waals surface area contributed by atoms with Crippen molar-refractivity contribution in [1.29, 1.82) is 0 Å². The molecule has 20 heavy (non-hydrogen) atoms. The maximum atomic E-state index is 12.5. The maximum absolute atomic E-state index is 12.5. The molecule has 0 amide bonds. The van der Waals surface area contributed by atoms with Gasteiger partial charge in [0.1, 0.15) is 10.7 Å². The van der Waals surface area contributed by atoms with Crippen molar-refractivity contribution in [3.05, 3.63) is 17.6 Å². The Morgan fingerprint density at radius 1 is 1.45 bits per heavy atom. The van der Waals surface area contributed by atoms with Crippen LogP contribution >= 0.6 is 0 Å². The Hall–Kier alpha value is -1.34. The number of carboxylic acids is 1. The van der Waals surface area contributed by atoms with E-state index in [0.717, 1.165) is 25.3 Å². The smallest absolute Gasteiger partial charge is 0.371 e. The van der Waals surface area contributed by atoms with Crippen molar-refractivity contribution in [3.63, 3.8) is 0 Å². The summed E-state index contributed by atoms with van der Waals surface area (Å²) in [6.07, 6.45) is 2.75. The van der Waals surface area contributed by atoms with Gasteiger partial charge in [0.25, 0.3) is 0 Å². The molecular formula is C13H19NO5S. The summed E-state index contributed by atoms with van der Waals surface area (Å²) in [5.74, 6) is -0.912. The molecule has 2 rings (SSSR count). The SMILES string of the molecule is CCC1CCN(S(=O)(=O)c2cc(C(=O)O)oc2C)CC1. The Kier molecular flexibility index (Phi) is 4.19. The Balaban J connectivity index is 2.25. The van der Waals surface area contributed by atoms with E-state index in [1.54, 1.807) is 0 Å². The lowest BCUT2D eigenvalue weighted by molar-refractivity contribution is 0.0661. The predicted octanol–water partition coefficient (Wildman–Crippen LogP) is 2.10. The summed E-state index contributed by atoms with van der Waals surface area (Å²) < 4.78 is 31.4. The molecule has 0 spiro atoms. The Morgan fingerprint density at radius 3 is 2.50 bits per heavy atom. The number of carbonyl (C=O) groups is 1. The van der Waals surface area contributed by atoms with Gasteiger partial charge in [-0.2, -0.15) is 4.31 Å². The zero-order valence-corrected chi connectivity index (χ0v) is 12.4. The highest BCUT2D eigenvalue weighted by atomic mass is 32.2. The molecule has 1 aromatic heterocycles. The van der Waals surface area contributed by atoms with Crippen LogP contribution in [0.4, 0.5) is 0 Å². The van der Waals surface area contributed by atoms with Gasteiger partial charge in [-0.05, 0) is 25.7 Å². The van der Waals surface area contributed by atoms with Crippen molar-refractivity contribution in [2.24, 2.45) is 5.92 Å². The first kappa shape index (κ1) is 15.1. The van der Waals surface area contributed by atoms with Crippen molar-refractivity contribution in [2.75, 3.05) is 13.1 Å². The molecule has 1 N–H and O–H groups in total. The zero-order valence-electron chi connectivity index (χ0n) is 11.6. The number of carboxylic acid groups (broad SMARTS) is 1. The molecule has 0 aromatic carbocycles. The number of aryl methyl sites for hydroxylation is 1. The predicted molar refractivity (Wildman–Crippen MR) is 72.2 cm³/mol. The van der Waals surface area contributed by atoms with Crippen LogP contribution in [0.5, 0.6) is 0 Å². The van der Waals surface area contributed by atoms with E-state index in [2.05, 4.69) is 6.92 Å². The quantitative estimate of drug-likeness (QED) is 0.920. The lowest BCUT2D eigenvalue weighted by Crippen LogP contribution is -2.38. The van der Waals surface area contributed by atoms with Crippen LogP contribution in [0, 0.1) is 12.8 Å². The topological polar surface area (TPSA) is 87.8 Å². The van der Waals surface area contributed by atoms with Crippen molar-refractivity contribution >= 4 is 16.0 Å². The molecule has 0 aliphatic carbocycles. The molecule has 112 valence electrons. The Morgan fingerprint density at radius 2 is 2.05 bits per heavy atom. The zero-order chi connectivity index (χ0) is 14.9. The van der Waals surface area contributed by atoms with Gasteiger partial charge in [-0.3, -0.25) is 0 Å². The normalized spacial score (nSPS) is 18.3. The van der Waals surface area contributed by atoms with Crippen molar-refractivity contribution in [2.45, 2.75) is 38.0 Å². The fourth-order valence-corrected chi connectivity index (χ4v) is 4.15. The first-order valence-corrected chi connectivity index (χ1v) is 8.14. The standard InChI is InChI=1S/C13H19NO5S/c1-3-10-4-6-14(7-5-10)20(17,18)12-8-11(13(15)16)19-9(12)2/h8,10H,3-7H2,1-2H3,(H,15,16). The van der Waals surface area contributed by atoms with Gasteiger partial charge in [0.15, 0.2) is 0 Å². The number of hydrogen-bond donors (Lipinski definition) is 1. The van der Waals surface area contributed by atoms with E-state index in [1.165, 1.54) is 11.2 Å². The largest absolute Gasteiger partial charge is 0.475 e. The van der Waals surface area contributed by atoms with E-state index >= 15 is 0 Å².